The number of carbonyl (C=O) groups excluding carboxylic acids is 1. The molecule has 142 valence electrons. The van der Waals surface area contributed by atoms with Crippen LogP contribution >= 0.6 is 0 Å². The molecule has 1 aliphatic heterocycles. The molecule has 1 saturated carbocycles. The van der Waals surface area contributed by atoms with Crippen molar-refractivity contribution in [3.63, 3.8) is 0 Å². The summed E-state index contributed by atoms with van der Waals surface area (Å²) in [6.45, 7) is 2.67. The van der Waals surface area contributed by atoms with Gasteiger partial charge in [0.1, 0.15) is 23.7 Å². The van der Waals surface area contributed by atoms with Gasteiger partial charge < -0.3 is 15.1 Å². The van der Waals surface area contributed by atoms with Gasteiger partial charge in [-0.1, -0.05) is 12.8 Å². The van der Waals surface area contributed by atoms with Gasteiger partial charge in [-0.3, -0.25) is 4.79 Å². The number of aromatic nitrogens is 2. The van der Waals surface area contributed by atoms with Crippen LogP contribution in [0.5, 0.6) is 0 Å². The van der Waals surface area contributed by atoms with Crippen molar-refractivity contribution in [1.82, 2.24) is 14.9 Å². The number of benzene rings is 1. The van der Waals surface area contributed by atoms with Crippen LogP contribution in [0.15, 0.2) is 36.7 Å². The Balaban J connectivity index is 1.36. The van der Waals surface area contributed by atoms with Crippen molar-refractivity contribution in [3.8, 4) is 0 Å². The van der Waals surface area contributed by atoms with E-state index in [1.54, 1.807) is 18.2 Å². The zero-order valence-electron chi connectivity index (χ0n) is 15.3. The SMILES string of the molecule is O=C(c1cc(NC2CCCC2)ncn1)N1CCN(c2ccc(F)cc2)CC1. The Hall–Kier alpha value is -2.70. The molecule has 2 aromatic rings. The largest absolute Gasteiger partial charge is 0.368 e. The van der Waals surface area contributed by atoms with Crippen LogP contribution in [-0.4, -0.2) is 53.0 Å². The van der Waals surface area contributed by atoms with Gasteiger partial charge in [0.15, 0.2) is 0 Å². The Morgan fingerprint density at radius 2 is 1.74 bits per heavy atom. The fraction of sp³-hybridized carbons (Fsp3) is 0.450. The first-order valence-electron chi connectivity index (χ1n) is 9.57. The van der Waals surface area contributed by atoms with E-state index in [9.17, 15) is 9.18 Å². The molecule has 1 aromatic heterocycles. The lowest BCUT2D eigenvalue weighted by Crippen LogP contribution is -2.49. The van der Waals surface area contributed by atoms with E-state index < -0.39 is 0 Å². The molecule has 0 bridgehead atoms. The smallest absolute Gasteiger partial charge is 0.272 e. The summed E-state index contributed by atoms with van der Waals surface area (Å²) in [5.41, 5.74) is 1.41. The monoisotopic (exact) mass is 369 g/mol. The van der Waals surface area contributed by atoms with Crippen LogP contribution in [0.2, 0.25) is 0 Å². The first kappa shape index (κ1) is 17.7. The first-order chi connectivity index (χ1) is 13.2. The van der Waals surface area contributed by atoms with Crippen LogP contribution in [0, 0.1) is 5.82 Å². The van der Waals surface area contributed by atoms with Crippen molar-refractivity contribution >= 4 is 17.4 Å². The standard InChI is InChI=1S/C20H24FN5O/c21-15-5-7-17(8-6-15)25-9-11-26(12-10-25)20(27)18-13-19(23-14-22-18)24-16-3-1-2-4-16/h5-8,13-14,16H,1-4,9-12H2,(H,22,23,24). The third kappa shape index (κ3) is 4.18. The number of hydrogen-bond donors (Lipinski definition) is 1. The van der Waals surface area contributed by atoms with Gasteiger partial charge in [0.2, 0.25) is 0 Å². The van der Waals surface area contributed by atoms with E-state index in [1.165, 1.54) is 31.3 Å². The summed E-state index contributed by atoms with van der Waals surface area (Å²) >= 11 is 0. The maximum Gasteiger partial charge on any atom is 0.272 e. The predicted molar refractivity (Wildman–Crippen MR) is 102 cm³/mol. The molecule has 1 amide bonds. The number of anilines is 2. The van der Waals surface area contributed by atoms with Crippen LogP contribution < -0.4 is 10.2 Å². The van der Waals surface area contributed by atoms with Crippen molar-refractivity contribution in [3.05, 3.63) is 48.2 Å². The second-order valence-electron chi connectivity index (χ2n) is 7.17. The zero-order chi connectivity index (χ0) is 18.6. The molecule has 0 unspecified atom stereocenters. The number of nitrogens with one attached hydrogen (secondary N) is 1. The van der Waals surface area contributed by atoms with Gasteiger partial charge in [0.05, 0.1) is 0 Å². The molecule has 2 aliphatic rings. The summed E-state index contributed by atoms with van der Waals surface area (Å²) in [4.78, 5) is 25.2. The highest BCUT2D eigenvalue weighted by molar-refractivity contribution is 5.93. The number of carbonyl (C=O) groups is 1. The maximum atomic E-state index is 13.1. The van der Waals surface area contributed by atoms with E-state index >= 15 is 0 Å². The van der Waals surface area contributed by atoms with Gasteiger partial charge in [-0.25, -0.2) is 14.4 Å². The van der Waals surface area contributed by atoms with Gasteiger partial charge in [-0.15, -0.1) is 0 Å². The highest BCUT2D eigenvalue weighted by Gasteiger charge is 2.24. The van der Waals surface area contributed by atoms with Gasteiger partial charge in [-0.2, -0.15) is 0 Å². The van der Waals surface area contributed by atoms with E-state index in [-0.39, 0.29) is 11.7 Å². The molecule has 6 nitrogen and oxygen atoms in total. The van der Waals surface area contributed by atoms with Crippen LogP contribution in [0.3, 0.4) is 0 Å². The van der Waals surface area contributed by atoms with Gasteiger partial charge in [0.25, 0.3) is 5.91 Å². The van der Waals surface area contributed by atoms with Crippen molar-refractivity contribution < 1.29 is 9.18 Å². The number of hydrogen-bond acceptors (Lipinski definition) is 5. The first-order valence-corrected chi connectivity index (χ1v) is 9.57. The molecule has 2 heterocycles. The molecule has 4 rings (SSSR count). The minimum atomic E-state index is -0.238. The van der Waals surface area contributed by atoms with E-state index in [0.29, 0.717) is 24.8 Å². The van der Waals surface area contributed by atoms with E-state index in [2.05, 4.69) is 20.2 Å². The van der Waals surface area contributed by atoms with Crippen molar-refractivity contribution in [2.45, 2.75) is 31.7 Å². The average molecular weight is 369 g/mol. The minimum Gasteiger partial charge on any atom is -0.368 e. The lowest BCUT2D eigenvalue weighted by Gasteiger charge is -2.36. The Kier molecular flexibility index (Phi) is 5.18. The molecule has 0 spiro atoms. The summed E-state index contributed by atoms with van der Waals surface area (Å²) in [6, 6.07) is 8.69. The van der Waals surface area contributed by atoms with Gasteiger partial charge in [0, 0.05) is 44.0 Å². The van der Waals surface area contributed by atoms with Crippen LogP contribution in [0.1, 0.15) is 36.2 Å². The highest BCUT2D eigenvalue weighted by atomic mass is 19.1. The fourth-order valence-corrected chi connectivity index (χ4v) is 3.81. The normalized spacial score (nSPS) is 18.0. The molecule has 1 N–H and O–H groups in total. The Bertz CT molecular complexity index is 783. The number of amides is 1. The molecule has 1 saturated heterocycles. The summed E-state index contributed by atoms with van der Waals surface area (Å²) in [5.74, 6) is 0.425. The second kappa shape index (κ2) is 7.90. The number of piperazine rings is 1. The van der Waals surface area contributed by atoms with Crippen LogP contribution in [0.25, 0.3) is 0 Å². The highest BCUT2D eigenvalue weighted by Crippen LogP contribution is 2.22. The lowest BCUT2D eigenvalue weighted by atomic mass is 10.2. The molecule has 1 aliphatic carbocycles. The molecule has 0 atom stereocenters. The molecule has 1 aromatic carbocycles. The van der Waals surface area contributed by atoms with Crippen molar-refractivity contribution in [2.75, 3.05) is 36.4 Å². The fourth-order valence-electron chi connectivity index (χ4n) is 3.81. The van der Waals surface area contributed by atoms with Crippen molar-refractivity contribution in [2.24, 2.45) is 0 Å². The molecule has 0 radical (unpaired) electrons. The molecule has 7 heteroatoms. The van der Waals surface area contributed by atoms with E-state index in [0.717, 1.165) is 37.4 Å². The van der Waals surface area contributed by atoms with E-state index in [4.69, 9.17) is 0 Å². The van der Waals surface area contributed by atoms with Crippen molar-refractivity contribution in [1.29, 1.82) is 0 Å². The van der Waals surface area contributed by atoms with Crippen LogP contribution in [-0.2, 0) is 0 Å². The number of rotatable bonds is 4. The quantitative estimate of drug-likeness (QED) is 0.898. The van der Waals surface area contributed by atoms with Crippen LogP contribution in [0.4, 0.5) is 15.9 Å². The Morgan fingerprint density at radius 1 is 1.04 bits per heavy atom. The minimum absolute atomic E-state index is 0.0642. The summed E-state index contributed by atoms with van der Waals surface area (Å²) in [5, 5.41) is 3.41. The number of halogens is 1. The number of nitrogens with zero attached hydrogens (tertiary/aromatic N) is 4. The second-order valence-corrected chi connectivity index (χ2v) is 7.17. The zero-order valence-corrected chi connectivity index (χ0v) is 15.3. The van der Waals surface area contributed by atoms with E-state index in [1.807, 2.05) is 4.90 Å². The summed E-state index contributed by atoms with van der Waals surface area (Å²) in [6.07, 6.45) is 6.25. The molecule has 27 heavy (non-hydrogen) atoms. The molecular weight excluding hydrogens is 345 g/mol. The Labute approximate surface area is 158 Å². The predicted octanol–water partition coefficient (Wildman–Crippen LogP) is 2.93. The molecule has 2 fully saturated rings. The van der Waals surface area contributed by atoms with Gasteiger partial charge >= 0.3 is 0 Å². The Morgan fingerprint density at radius 3 is 2.44 bits per heavy atom. The molecular formula is C20H24FN5O. The third-order valence-electron chi connectivity index (χ3n) is 5.35. The maximum absolute atomic E-state index is 13.1. The average Bonchev–Trinajstić information content (AvgIpc) is 3.21. The van der Waals surface area contributed by atoms with Gasteiger partial charge in [-0.05, 0) is 37.1 Å². The lowest BCUT2D eigenvalue weighted by molar-refractivity contribution is 0.0740. The summed E-state index contributed by atoms with van der Waals surface area (Å²) < 4.78 is 13.1. The third-order valence-corrected chi connectivity index (χ3v) is 5.35. The summed E-state index contributed by atoms with van der Waals surface area (Å²) in [7, 11) is 0. The topological polar surface area (TPSA) is 61.4 Å².